The molecule has 4 nitrogen and oxygen atoms in total. The highest BCUT2D eigenvalue weighted by atomic mass is 32.2. The number of nitrogens with one attached hydrogen (secondary N) is 1. The first-order valence-corrected chi connectivity index (χ1v) is 5.89. The minimum atomic E-state index is -0.426. The Labute approximate surface area is 95.9 Å². The second kappa shape index (κ2) is 4.40. The fourth-order valence-electron chi connectivity index (χ4n) is 1.36. The zero-order valence-corrected chi connectivity index (χ0v) is 9.45. The molecule has 0 amide bonds. The molecule has 0 fully saturated rings. The number of aromatic nitrogens is 2. The Kier molecular flexibility index (Phi) is 2.96. The van der Waals surface area contributed by atoms with Crippen LogP contribution in [-0.2, 0) is 0 Å². The highest BCUT2D eigenvalue weighted by molar-refractivity contribution is 7.98. The van der Waals surface area contributed by atoms with E-state index in [1.807, 2.05) is 30.5 Å². The van der Waals surface area contributed by atoms with Crippen LogP contribution >= 0.6 is 11.8 Å². The van der Waals surface area contributed by atoms with E-state index < -0.39 is 5.69 Å². The minimum absolute atomic E-state index is 0.387. The van der Waals surface area contributed by atoms with Gasteiger partial charge in [-0.15, -0.1) is 11.8 Å². The number of thioether (sulfide) groups is 1. The van der Waals surface area contributed by atoms with Crippen LogP contribution in [0.25, 0.3) is 5.69 Å². The molecule has 0 radical (unpaired) electrons. The van der Waals surface area contributed by atoms with E-state index in [4.69, 9.17) is 0 Å². The van der Waals surface area contributed by atoms with Crippen molar-refractivity contribution in [2.75, 3.05) is 6.26 Å². The number of benzene rings is 1. The third-order valence-corrected chi connectivity index (χ3v) is 2.92. The largest absolute Gasteiger partial charge is 0.332 e. The lowest BCUT2D eigenvalue weighted by molar-refractivity contribution is 0.895. The van der Waals surface area contributed by atoms with Crippen molar-refractivity contribution in [3.8, 4) is 5.69 Å². The first-order chi connectivity index (χ1) is 7.70. The van der Waals surface area contributed by atoms with Crippen LogP contribution in [0, 0.1) is 0 Å². The first kappa shape index (κ1) is 10.8. The van der Waals surface area contributed by atoms with E-state index in [0.29, 0.717) is 0 Å². The third-order valence-electron chi connectivity index (χ3n) is 2.17. The summed E-state index contributed by atoms with van der Waals surface area (Å²) < 4.78 is 1.39. The molecule has 0 saturated carbocycles. The maximum atomic E-state index is 11.5. The lowest BCUT2D eigenvalue weighted by Gasteiger charge is -2.04. The number of rotatable bonds is 2. The van der Waals surface area contributed by atoms with Gasteiger partial charge in [0.05, 0.1) is 5.69 Å². The SMILES string of the molecule is CSc1ccc(-n2ccc(=O)[nH]c2=O)cc1. The summed E-state index contributed by atoms with van der Waals surface area (Å²) in [7, 11) is 0. The molecule has 2 aromatic rings. The molecule has 0 aliphatic rings. The third kappa shape index (κ3) is 2.09. The van der Waals surface area contributed by atoms with Gasteiger partial charge in [-0.3, -0.25) is 14.3 Å². The smallest absolute Gasteiger partial charge is 0.274 e. The fraction of sp³-hybridized carbons (Fsp3) is 0.0909. The summed E-state index contributed by atoms with van der Waals surface area (Å²) in [5.74, 6) is 0. The van der Waals surface area contributed by atoms with Crippen LogP contribution in [0.1, 0.15) is 0 Å². The van der Waals surface area contributed by atoms with E-state index in [0.717, 1.165) is 10.6 Å². The summed E-state index contributed by atoms with van der Waals surface area (Å²) in [5.41, 5.74) is -0.0783. The molecule has 0 unspecified atom stereocenters. The van der Waals surface area contributed by atoms with Gasteiger partial charge in [0.2, 0.25) is 0 Å². The monoisotopic (exact) mass is 234 g/mol. The van der Waals surface area contributed by atoms with E-state index in [9.17, 15) is 9.59 Å². The highest BCUT2D eigenvalue weighted by Gasteiger charge is 1.99. The summed E-state index contributed by atoms with van der Waals surface area (Å²) in [5, 5.41) is 0. The standard InChI is InChI=1S/C11H10N2O2S/c1-16-9-4-2-8(3-5-9)13-7-6-10(14)12-11(13)15/h2-7H,1H3,(H,12,14,15). The molecule has 1 N–H and O–H groups in total. The average Bonchev–Trinajstić information content (AvgIpc) is 2.29. The van der Waals surface area contributed by atoms with Crippen LogP contribution in [0.2, 0.25) is 0 Å². The molecule has 1 heterocycles. The van der Waals surface area contributed by atoms with Gasteiger partial charge >= 0.3 is 5.69 Å². The van der Waals surface area contributed by atoms with Gasteiger partial charge in [-0.1, -0.05) is 0 Å². The highest BCUT2D eigenvalue weighted by Crippen LogP contribution is 2.15. The van der Waals surface area contributed by atoms with Gasteiger partial charge in [0.15, 0.2) is 0 Å². The van der Waals surface area contributed by atoms with Crippen molar-refractivity contribution in [2.24, 2.45) is 0 Å². The summed E-state index contributed by atoms with van der Waals surface area (Å²) in [6.07, 6.45) is 3.45. The molecular weight excluding hydrogens is 224 g/mol. The van der Waals surface area contributed by atoms with Gasteiger partial charge in [0.25, 0.3) is 5.56 Å². The van der Waals surface area contributed by atoms with E-state index >= 15 is 0 Å². The second-order valence-electron chi connectivity index (χ2n) is 3.18. The molecule has 1 aromatic heterocycles. The van der Waals surface area contributed by atoms with Crippen molar-refractivity contribution in [1.29, 1.82) is 0 Å². The van der Waals surface area contributed by atoms with Crippen LogP contribution in [-0.4, -0.2) is 15.8 Å². The van der Waals surface area contributed by atoms with Crippen molar-refractivity contribution in [2.45, 2.75) is 4.90 Å². The number of aromatic amines is 1. The second-order valence-corrected chi connectivity index (χ2v) is 4.06. The van der Waals surface area contributed by atoms with Crippen molar-refractivity contribution in [3.63, 3.8) is 0 Å². The molecule has 0 saturated heterocycles. The maximum Gasteiger partial charge on any atom is 0.332 e. The van der Waals surface area contributed by atoms with Gasteiger partial charge in [0.1, 0.15) is 0 Å². The number of hydrogen-bond acceptors (Lipinski definition) is 3. The zero-order valence-electron chi connectivity index (χ0n) is 8.64. The molecule has 1 aromatic carbocycles. The Morgan fingerprint density at radius 3 is 2.38 bits per heavy atom. The number of hydrogen-bond donors (Lipinski definition) is 1. The summed E-state index contributed by atoms with van der Waals surface area (Å²) >= 11 is 1.63. The molecule has 0 spiro atoms. The predicted molar refractivity (Wildman–Crippen MR) is 64.4 cm³/mol. The molecule has 16 heavy (non-hydrogen) atoms. The number of H-pyrrole nitrogens is 1. The predicted octanol–water partition coefficient (Wildman–Crippen LogP) is 1.25. The van der Waals surface area contributed by atoms with Crippen LogP contribution in [0.5, 0.6) is 0 Å². The van der Waals surface area contributed by atoms with E-state index in [1.165, 1.54) is 16.8 Å². The minimum Gasteiger partial charge on any atom is -0.274 e. The van der Waals surface area contributed by atoms with Gasteiger partial charge in [-0.25, -0.2) is 4.79 Å². The van der Waals surface area contributed by atoms with Gasteiger partial charge in [-0.2, -0.15) is 0 Å². The molecule has 0 bridgehead atoms. The molecule has 0 aliphatic carbocycles. The average molecular weight is 234 g/mol. The topological polar surface area (TPSA) is 54.9 Å². The summed E-state index contributed by atoms with van der Waals surface area (Å²) in [6, 6.07) is 8.86. The molecule has 0 aliphatic heterocycles. The normalized spacial score (nSPS) is 10.3. The van der Waals surface area contributed by atoms with Crippen LogP contribution in [0.4, 0.5) is 0 Å². The van der Waals surface area contributed by atoms with E-state index in [-0.39, 0.29) is 5.56 Å². The lowest BCUT2D eigenvalue weighted by Crippen LogP contribution is -2.27. The van der Waals surface area contributed by atoms with Crippen molar-refractivity contribution in [3.05, 3.63) is 57.4 Å². The van der Waals surface area contributed by atoms with Crippen molar-refractivity contribution in [1.82, 2.24) is 9.55 Å². The Hall–Kier alpha value is -1.75. The molecule has 82 valence electrons. The first-order valence-electron chi connectivity index (χ1n) is 4.67. The maximum absolute atomic E-state index is 11.5. The van der Waals surface area contributed by atoms with E-state index in [1.54, 1.807) is 11.8 Å². The summed E-state index contributed by atoms with van der Waals surface area (Å²) in [4.78, 5) is 25.7. The number of nitrogens with zero attached hydrogens (tertiary/aromatic N) is 1. The zero-order chi connectivity index (χ0) is 11.5. The van der Waals surface area contributed by atoms with Crippen LogP contribution < -0.4 is 11.2 Å². The van der Waals surface area contributed by atoms with Gasteiger partial charge in [-0.05, 0) is 30.5 Å². The van der Waals surface area contributed by atoms with Gasteiger partial charge in [0, 0.05) is 17.2 Å². The van der Waals surface area contributed by atoms with Crippen molar-refractivity contribution >= 4 is 11.8 Å². The Morgan fingerprint density at radius 2 is 1.81 bits per heavy atom. The molecule has 2 rings (SSSR count). The molecule has 5 heteroatoms. The Balaban J connectivity index is 2.50. The van der Waals surface area contributed by atoms with Crippen molar-refractivity contribution < 1.29 is 0 Å². The quantitative estimate of drug-likeness (QED) is 0.796. The van der Waals surface area contributed by atoms with E-state index in [2.05, 4.69) is 4.98 Å². The molecule has 0 atom stereocenters. The van der Waals surface area contributed by atoms with Crippen LogP contribution in [0.3, 0.4) is 0 Å². The summed E-state index contributed by atoms with van der Waals surface area (Å²) in [6.45, 7) is 0. The van der Waals surface area contributed by atoms with Crippen LogP contribution in [0.15, 0.2) is 51.0 Å². The van der Waals surface area contributed by atoms with Gasteiger partial charge < -0.3 is 0 Å². The lowest BCUT2D eigenvalue weighted by atomic mass is 10.3. The molecular formula is C11H10N2O2S. The Morgan fingerprint density at radius 1 is 1.12 bits per heavy atom. The Bertz CT molecular complexity index is 598. The fourth-order valence-corrected chi connectivity index (χ4v) is 1.77.